The van der Waals surface area contributed by atoms with Crippen molar-refractivity contribution in [2.45, 2.75) is 31.8 Å². The molecule has 0 spiro atoms. The average Bonchev–Trinajstić information content (AvgIpc) is 2.50. The van der Waals surface area contributed by atoms with E-state index in [1.54, 1.807) is 0 Å². The maximum Gasteiger partial charge on any atom is 0.319 e. The Kier molecular flexibility index (Phi) is 5.97. The van der Waals surface area contributed by atoms with E-state index in [2.05, 4.69) is 10.6 Å². The van der Waals surface area contributed by atoms with E-state index in [-0.39, 0.29) is 24.3 Å². The van der Waals surface area contributed by atoms with Crippen LogP contribution in [0.4, 0.5) is 14.9 Å². The molecule has 0 aliphatic heterocycles. The van der Waals surface area contributed by atoms with Crippen LogP contribution < -0.4 is 15.4 Å². The first-order valence-electron chi connectivity index (χ1n) is 7.79. The second kappa shape index (κ2) is 7.96. The van der Waals surface area contributed by atoms with Crippen molar-refractivity contribution >= 4 is 17.7 Å². The minimum Gasteiger partial charge on any atom is -0.497 e. The highest BCUT2D eigenvalue weighted by Gasteiger charge is 2.34. The minimum absolute atomic E-state index is 0.00486. The fourth-order valence-electron chi connectivity index (χ4n) is 2.75. The lowest BCUT2D eigenvalue weighted by atomic mass is 9.85. The SMILES string of the molecule is CCN(CC(=O)O)C1CC(NC(=O)Nc2cc(OC)ccc2F)C1. The predicted molar refractivity (Wildman–Crippen MR) is 86.8 cm³/mol. The van der Waals surface area contributed by atoms with E-state index in [0.717, 1.165) is 0 Å². The molecular formula is C16H22FN3O4. The number of carbonyl (C=O) groups excluding carboxylic acids is 1. The molecule has 3 N–H and O–H groups in total. The van der Waals surface area contributed by atoms with Crippen LogP contribution in [0.25, 0.3) is 0 Å². The van der Waals surface area contributed by atoms with Crippen molar-refractivity contribution < 1.29 is 23.8 Å². The summed E-state index contributed by atoms with van der Waals surface area (Å²) in [6.45, 7) is 2.54. The zero-order valence-electron chi connectivity index (χ0n) is 13.7. The van der Waals surface area contributed by atoms with E-state index < -0.39 is 17.8 Å². The summed E-state index contributed by atoms with van der Waals surface area (Å²) in [6, 6.07) is 3.70. The standard InChI is InChI=1S/C16H22FN3O4/c1-3-20(9-15(21)22)11-6-10(7-11)18-16(23)19-14-8-12(24-2)4-5-13(14)17/h4-5,8,10-11H,3,6-7,9H2,1-2H3,(H,21,22)(H2,18,19,23). The topological polar surface area (TPSA) is 90.9 Å². The van der Waals surface area contributed by atoms with E-state index in [0.29, 0.717) is 25.1 Å². The van der Waals surface area contributed by atoms with Gasteiger partial charge in [-0.25, -0.2) is 9.18 Å². The molecule has 1 saturated carbocycles. The van der Waals surface area contributed by atoms with Crippen molar-refractivity contribution in [3.8, 4) is 5.75 Å². The number of hydrogen-bond donors (Lipinski definition) is 3. The first-order chi connectivity index (χ1) is 11.4. The molecule has 8 heteroatoms. The number of amides is 2. The molecule has 1 aliphatic carbocycles. The summed E-state index contributed by atoms with van der Waals surface area (Å²) in [7, 11) is 1.46. The van der Waals surface area contributed by atoms with Crippen LogP contribution >= 0.6 is 0 Å². The van der Waals surface area contributed by atoms with Crippen molar-refractivity contribution in [2.75, 3.05) is 25.5 Å². The van der Waals surface area contributed by atoms with Crippen LogP contribution in [0.5, 0.6) is 5.75 Å². The second-order valence-electron chi connectivity index (χ2n) is 5.72. The molecule has 0 unspecified atom stereocenters. The minimum atomic E-state index is -0.862. The van der Waals surface area contributed by atoms with Gasteiger partial charge >= 0.3 is 12.0 Å². The molecule has 1 aliphatic rings. The Morgan fingerprint density at radius 1 is 1.42 bits per heavy atom. The monoisotopic (exact) mass is 339 g/mol. The molecule has 0 atom stereocenters. The normalized spacial score (nSPS) is 19.5. The van der Waals surface area contributed by atoms with Gasteiger partial charge in [-0.2, -0.15) is 0 Å². The third-order valence-corrected chi connectivity index (χ3v) is 4.13. The Hall–Kier alpha value is -2.35. The van der Waals surface area contributed by atoms with Gasteiger partial charge in [-0.3, -0.25) is 9.69 Å². The Bertz CT molecular complexity index is 605. The highest BCUT2D eigenvalue weighted by Crippen LogP contribution is 2.26. The molecular weight excluding hydrogens is 317 g/mol. The summed E-state index contributed by atoms with van der Waals surface area (Å²) in [4.78, 5) is 24.6. The van der Waals surface area contributed by atoms with E-state index >= 15 is 0 Å². The number of carboxylic acids is 1. The summed E-state index contributed by atoms with van der Waals surface area (Å²) < 4.78 is 18.7. The number of hydrogen-bond acceptors (Lipinski definition) is 4. The van der Waals surface area contributed by atoms with Gasteiger partial charge in [0.05, 0.1) is 19.3 Å². The van der Waals surface area contributed by atoms with Crippen LogP contribution in [-0.2, 0) is 4.79 Å². The molecule has 2 amide bonds. The van der Waals surface area contributed by atoms with Crippen LogP contribution in [0.3, 0.4) is 0 Å². The second-order valence-corrected chi connectivity index (χ2v) is 5.72. The number of carbonyl (C=O) groups is 2. The molecule has 2 rings (SSSR count). The number of benzene rings is 1. The first kappa shape index (κ1) is 18.0. The summed E-state index contributed by atoms with van der Waals surface area (Å²) in [6.07, 6.45) is 1.35. The van der Waals surface area contributed by atoms with Crippen LogP contribution in [0.15, 0.2) is 18.2 Å². The number of aliphatic carboxylic acids is 1. The Labute approximate surface area is 139 Å². The van der Waals surface area contributed by atoms with E-state index in [4.69, 9.17) is 9.84 Å². The number of anilines is 1. The smallest absolute Gasteiger partial charge is 0.319 e. The van der Waals surface area contributed by atoms with Gasteiger partial charge in [0.25, 0.3) is 0 Å². The number of ether oxygens (including phenoxy) is 1. The summed E-state index contributed by atoms with van der Waals surface area (Å²) >= 11 is 0. The van der Waals surface area contributed by atoms with Gasteiger partial charge in [0.2, 0.25) is 0 Å². The number of likely N-dealkylation sites (N-methyl/N-ethyl adjacent to an activating group) is 1. The van der Waals surface area contributed by atoms with Gasteiger partial charge in [0.15, 0.2) is 0 Å². The highest BCUT2D eigenvalue weighted by molar-refractivity contribution is 5.89. The third-order valence-electron chi connectivity index (χ3n) is 4.13. The maximum atomic E-state index is 13.7. The Balaban J connectivity index is 1.82. The number of rotatable bonds is 7. The van der Waals surface area contributed by atoms with E-state index in [1.165, 1.54) is 25.3 Å². The quantitative estimate of drug-likeness (QED) is 0.706. The van der Waals surface area contributed by atoms with Gasteiger partial charge in [-0.1, -0.05) is 6.92 Å². The molecule has 1 fully saturated rings. The summed E-state index contributed by atoms with van der Waals surface area (Å²) in [5.74, 6) is -0.960. The molecule has 24 heavy (non-hydrogen) atoms. The number of urea groups is 1. The van der Waals surface area contributed by atoms with E-state index in [1.807, 2.05) is 11.8 Å². The Morgan fingerprint density at radius 3 is 2.71 bits per heavy atom. The number of nitrogens with one attached hydrogen (secondary N) is 2. The number of halogens is 1. The third kappa shape index (κ3) is 4.58. The van der Waals surface area contributed by atoms with Crippen molar-refractivity contribution in [1.29, 1.82) is 0 Å². The highest BCUT2D eigenvalue weighted by atomic mass is 19.1. The fourth-order valence-corrected chi connectivity index (χ4v) is 2.75. The number of nitrogens with zero attached hydrogens (tertiary/aromatic N) is 1. The van der Waals surface area contributed by atoms with Crippen LogP contribution in [0, 0.1) is 5.82 Å². The molecule has 0 saturated heterocycles. The lowest BCUT2D eigenvalue weighted by Crippen LogP contribution is -2.55. The van der Waals surface area contributed by atoms with Gasteiger partial charge < -0.3 is 20.5 Å². The van der Waals surface area contributed by atoms with Gasteiger partial charge in [0, 0.05) is 18.2 Å². The molecule has 0 bridgehead atoms. The molecule has 7 nitrogen and oxygen atoms in total. The van der Waals surface area contributed by atoms with Crippen LogP contribution in [0.2, 0.25) is 0 Å². The largest absolute Gasteiger partial charge is 0.497 e. The molecule has 0 heterocycles. The number of carboxylic acid groups (broad SMARTS) is 1. The summed E-state index contributed by atoms with van der Waals surface area (Å²) in [5, 5.41) is 14.1. The average molecular weight is 339 g/mol. The van der Waals surface area contributed by atoms with Crippen molar-refractivity contribution in [1.82, 2.24) is 10.2 Å². The fraction of sp³-hybridized carbons (Fsp3) is 0.500. The first-order valence-corrected chi connectivity index (χ1v) is 7.79. The van der Waals surface area contributed by atoms with E-state index in [9.17, 15) is 14.0 Å². The lowest BCUT2D eigenvalue weighted by molar-refractivity contribution is -0.139. The van der Waals surface area contributed by atoms with Gasteiger partial charge in [0.1, 0.15) is 11.6 Å². The van der Waals surface area contributed by atoms with Crippen molar-refractivity contribution in [3.63, 3.8) is 0 Å². The lowest BCUT2D eigenvalue weighted by Gasteiger charge is -2.42. The molecule has 0 aromatic heterocycles. The van der Waals surface area contributed by atoms with Gasteiger partial charge in [-0.15, -0.1) is 0 Å². The zero-order chi connectivity index (χ0) is 17.7. The van der Waals surface area contributed by atoms with Crippen molar-refractivity contribution in [3.05, 3.63) is 24.0 Å². The van der Waals surface area contributed by atoms with Crippen LogP contribution in [-0.4, -0.2) is 54.3 Å². The van der Waals surface area contributed by atoms with Gasteiger partial charge in [-0.05, 0) is 31.5 Å². The maximum absolute atomic E-state index is 13.7. The molecule has 1 aromatic carbocycles. The van der Waals surface area contributed by atoms with Crippen LogP contribution in [0.1, 0.15) is 19.8 Å². The molecule has 132 valence electrons. The summed E-state index contributed by atoms with van der Waals surface area (Å²) in [5.41, 5.74) is 0.0452. The van der Waals surface area contributed by atoms with Crippen molar-refractivity contribution in [2.24, 2.45) is 0 Å². The Morgan fingerprint density at radius 2 is 2.12 bits per heavy atom. The molecule has 0 radical (unpaired) electrons. The zero-order valence-corrected chi connectivity index (χ0v) is 13.7. The predicted octanol–water partition coefficient (Wildman–Crippen LogP) is 1.89. The number of methoxy groups -OCH3 is 1. The molecule has 1 aromatic rings.